The van der Waals surface area contributed by atoms with Gasteiger partial charge in [-0.3, -0.25) is 19.8 Å². The molecule has 0 aromatic heterocycles. The van der Waals surface area contributed by atoms with Crippen molar-refractivity contribution in [1.29, 1.82) is 0 Å². The van der Waals surface area contributed by atoms with E-state index in [0.29, 0.717) is 21.1 Å². The van der Waals surface area contributed by atoms with Crippen LogP contribution in [0.25, 0.3) is 0 Å². The number of anilines is 1. The summed E-state index contributed by atoms with van der Waals surface area (Å²) >= 11 is 6.56. The number of halogens is 5. The minimum Gasteiger partial charge on any atom is -0.323 e. The van der Waals surface area contributed by atoms with Crippen molar-refractivity contribution >= 4 is 43.5 Å². The average Bonchev–Trinajstić information content (AvgIpc) is 3.13. The Morgan fingerprint density at radius 1 is 1.35 bits per heavy atom. The summed E-state index contributed by atoms with van der Waals surface area (Å²) < 4.78 is 42.5. The molecule has 4 atom stereocenters. The summed E-state index contributed by atoms with van der Waals surface area (Å²) in [5.41, 5.74) is -1.46. The molecule has 1 spiro atoms. The fourth-order valence-corrected chi connectivity index (χ4v) is 6.16. The molecule has 6 nitrogen and oxygen atoms in total. The molecule has 0 radical (unpaired) electrons. The number of hydrogen-bond acceptors (Lipinski definition) is 4. The molecule has 0 aliphatic carbocycles. The van der Waals surface area contributed by atoms with E-state index in [1.54, 1.807) is 6.07 Å². The third kappa shape index (κ3) is 2.16. The summed E-state index contributed by atoms with van der Waals surface area (Å²) in [7, 11) is 0. The first-order valence-electron chi connectivity index (χ1n) is 7.88. The van der Waals surface area contributed by atoms with Crippen LogP contribution in [-0.2, 0) is 10.3 Å². The molecule has 2 saturated heterocycles. The first kappa shape index (κ1) is 18.2. The Balaban J connectivity index is 2.03. The van der Waals surface area contributed by atoms with Gasteiger partial charge in [0, 0.05) is 32.0 Å². The van der Waals surface area contributed by atoms with Crippen molar-refractivity contribution in [3.63, 3.8) is 0 Å². The molecular formula is C15H12Br2F3N3O3. The number of carbonyl (C=O) groups is 1. The number of rotatable bonds is 1. The molecule has 3 heterocycles. The number of carbonyl (C=O) groups excluding carboxylic acids is 1. The second-order valence-electron chi connectivity index (χ2n) is 6.73. The minimum atomic E-state index is -4.78. The smallest absolute Gasteiger partial charge is 0.323 e. The largest absolute Gasteiger partial charge is 0.400 e. The van der Waals surface area contributed by atoms with Gasteiger partial charge in [0.15, 0.2) is 5.54 Å². The van der Waals surface area contributed by atoms with Gasteiger partial charge in [0.25, 0.3) is 11.9 Å². The molecule has 1 N–H and O–H groups in total. The van der Waals surface area contributed by atoms with Gasteiger partial charge < -0.3 is 5.32 Å². The monoisotopic (exact) mass is 497 g/mol. The number of hydrogen-bond donors (Lipinski definition) is 1. The molecule has 11 heteroatoms. The number of nitrogens with one attached hydrogen (secondary N) is 1. The molecule has 0 bridgehead atoms. The van der Waals surface area contributed by atoms with E-state index in [9.17, 15) is 28.1 Å². The Morgan fingerprint density at radius 3 is 2.65 bits per heavy atom. The lowest BCUT2D eigenvalue weighted by Crippen LogP contribution is -2.56. The van der Waals surface area contributed by atoms with E-state index in [4.69, 9.17) is 0 Å². The summed E-state index contributed by atoms with van der Waals surface area (Å²) in [6, 6.07) is -0.0466. The average molecular weight is 499 g/mol. The maximum Gasteiger partial charge on any atom is 0.400 e. The molecule has 26 heavy (non-hydrogen) atoms. The standard InChI is InChI=1S/C15H12Br2F3N3O3/c16-6-4-7-11(8(17)5-6)21-13(24)14(7)12(23(25)26)10(15(18,19)20)9-2-1-3-22(9)14/h4-5,9-10,12H,1-3H2,(H,21,24)/t9-,10-,12+,14+/m1/s1. The Labute approximate surface area is 162 Å². The lowest BCUT2D eigenvalue weighted by molar-refractivity contribution is -0.547. The highest BCUT2D eigenvalue weighted by atomic mass is 79.9. The molecule has 4 rings (SSSR count). The van der Waals surface area contributed by atoms with E-state index < -0.39 is 40.5 Å². The van der Waals surface area contributed by atoms with Crippen LogP contribution in [0.2, 0.25) is 0 Å². The van der Waals surface area contributed by atoms with Crippen molar-refractivity contribution in [2.75, 3.05) is 11.9 Å². The van der Waals surface area contributed by atoms with Crippen LogP contribution < -0.4 is 5.32 Å². The molecule has 0 unspecified atom stereocenters. The van der Waals surface area contributed by atoms with Crippen LogP contribution in [0.4, 0.5) is 18.9 Å². The summed E-state index contributed by atoms with van der Waals surface area (Å²) in [5.74, 6) is -2.97. The second-order valence-corrected chi connectivity index (χ2v) is 8.50. The van der Waals surface area contributed by atoms with Gasteiger partial charge in [0.1, 0.15) is 5.92 Å². The zero-order valence-electron chi connectivity index (χ0n) is 13.0. The van der Waals surface area contributed by atoms with Crippen molar-refractivity contribution in [3.8, 4) is 0 Å². The topological polar surface area (TPSA) is 75.5 Å². The van der Waals surface area contributed by atoms with Crippen molar-refractivity contribution in [1.82, 2.24) is 4.90 Å². The molecule has 2 fully saturated rings. The number of alkyl halides is 3. The lowest BCUT2D eigenvalue weighted by Gasteiger charge is -2.33. The molecular weight excluding hydrogens is 487 g/mol. The predicted octanol–water partition coefficient (Wildman–Crippen LogP) is 3.66. The van der Waals surface area contributed by atoms with E-state index in [1.807, 2.05) is 0 Å². The van der Waals surface area contributed by atoms with Gasteiger partial charge in [-0.05, 0) is 40.9 Å². The van der Waals surface area contributed by atoms with Crippen LogP contribution in [0.5, 0.6) is 0 Å². The van der Waals surface area contributed by atoms with E-state index in [1.165, 1.54) is 11.0 Å². The first-order chi connectivity index (χ1) is 12.1. The summed E-state index contributed by atoms with van der Waals surface area (Å²) in [6.45, 7) is 0.207. The van der Waals surface area contributed by atoms with Crippen LogP contribution in [0, 0.1) is 16.0 Å². The molecule has 3 aliphatic rings. The second kappa shape index (κ2) is 5.65. The first-order valence-corrected chi connectivity index (χ1v) is 9.46. The van der Waals surface area contributed by atoms with Gasteiger partial charge in [-0.1, -0.05) is 15.9 Å². The van der Waals surface area contributed by atoms with Crippen molar-refractivity contribution in [2.45, 2.75) is 36.6 Å². The fraction of sp³-hybridized carbons (Fsp3) is 0.533. The van der Waals surface area contributed by atoms with E-state index >= 15 is 0 Å². The van der Waals surface area contributed by atoms with E-state index in [-0.39, 0.29) is 18.5 Å². The van der Waals surface area contributed by atoms with Gasteiger partial charge in [0.05, 0.1) is 5.69 Å². The fourth-order valence-electron chi connectivity index (χ4n) is 4.84. The number of nitrogens with zero attached hydrogens (tertiary/aromatic N) is 2. The maximum atomic E-state index is 13.8. The van der Waals surface area contributed by atoms with E-state index in [2.05, 4.69) is 37.2 Å². The van der Waals surface area contributed by atoms with Crippen LogP contribution in [-0.4, -0.2) is 40.5 Å². The van der Waals surface area contributed by atoms with Crippen molar-refractivity contribution in [2.24, 2.45) is 5.92 Å². The summed E-state index contributed by atoms with van der Waals surface area (Å²) in [4.78, 5) is 25.3. The Morgan fingerprint density at radius 2 is 2.04 bits per heavy atom. The van der Waals surface area contributed by atoms with Gasteiger partial charge in [-0.15, -0.1) is 0 Å². The predicted molar refractivity (Wildman–Crippen MR) is 92.2 cm³/mol. The van der Waals surface area contributed by atoms with Gasteiger partial charge in [-0.25, -0.2) is 0 Å². The molecule has 140 valence electrons. The molecule has 1 amide bonds. The normalized spacial score (nSPS) is 33.4. The number of amides is 1. The summed E-state index contributed by atoms with van der Waals surface area (Å²) in [5, 5.41) is 14.4. The van der Waals surface area contributed by atoms with Crippen LogP contribution in [0.1, 0.15) is 18.4 Å². The Kier molecular flexibility index (Phi) is 3.95. The molecule has 0 saturated carbocycles. The molecule has 3 aliphatic heterocycles. The maximum absolute atomic E-state index is 13.8. The van der Waals surface area contributed by atoms with Gasteiger partial charge in [-0.2, -0.15) is 13.2 Å². The minimum absolute atomic E-state index is 0.175. The third-order valence-corrected chi connectivity index (χ3v) is 6.67. The van der Waals surface area contributed by atoms with Crippen molar-refractivity contribution < 1.29 is 22.9 Å². The third-order valence-electron chi connectivity index (χ3n) is 5.59. The SMILES string of the molecule is O=C1Nc2c(Br)cc(Br)cc2[C@]12[C@@H]([N+](=O)[O-])[C@H](C(F)(F)F)[C@H]1CCCN12. The van der Waals surface area contributed by atoms with Crippen LogP contribution >= 0.6 is 31.9 Å². The quantitative estimate of drug-likeness (QED) is 0.473. The van der Waals surface area contributed by atoms with Gasteiger partial charge in [0.2, 0.25) is 0 Å². The zero-order chi connectivity index (χ0) is 19.0. The number of nitro groups is 1. The highest BCUT2D eigenvalue weighted by molar-refractivity contribution is 9.11. The number of benzene rings is 1. The zero-order valence-corrected chi connectivity index (χ0v) is 16.2. The highest BCUT2D eigenvalue weighted by Gasteiger charge is 2.78. The molecule has 1 aromatic carbocycles. The van der Waals surface area contributed by atoms with E-state index in [0.717, 1.165) is 0 Å². The molecule has 1 aromatic rings. The van der Waals surface area contributed by atoms with Crippen LogP contribution in [0.15, 0.2) is 21.1 Å². The Hall–Kier alpha value is -1.20. The number of fused-ring (bicyclic) bond motifs is 4. The summed E-state index contributed by atoms with van der Waals surface area (Å²) in [6.07, 6.45) is -4.14. The Bertz CT molecular complexity index is 834. The van der Waals surface area contributed by atoms with Crippen molar-refractivity contribution in [3.05, 3.63) is 36.8 Å². The highest BCUT2D eigenvalue weighted by Crippen LogP contribution is 2.59. The van der Waals surface area contributed by atoms with Gasteiger partial charge >= 0.3 is 6.18 Å². The van der Waals surface area contributed by atoms with Crippen LogP contribution in [0.3, 0.4) is 0 Å². The lowest BCUT2D eigenvalue weighted by atomic mass is 9.79.